The van der Waals surface area contributed by atoms with Crippen LogP contribution in [0.4, 0.5) is 13.2 Å². The van der Waals surface area contributed by atoms with Gasteiger partial charge in [-0.15, -0.1) is 0 Å². The molecule has 0 saturated heterocycles. The van der Waals surface area contributed by atoms with Gasteiger partial charge in [-0.25, -0.2) is 0 Å². The average Bonchev–Trinajstić information content (AvgIpc) is 2.60. The summed E-state index contributed by atoms with van der Waals surface area (Å²) in [5, 5.41) is 12.7. The molecule has 1 N–H and O–H groups in total. The minimum Gasteiger partial charge on any atom is -0.493 e. The molecule has 140 valence electrons. The fourth-order valence-electron chi connectivity index (χ4n) is 1.63. The molecular weight excluding hydrogens is 351 g/mol. The molecular formula is C17H19F3N3O3+. The predicted molar refractivity (Wildman–Crippen MR) is 86.9 cm³/mol. The van der Waals surface area contributed by atoms with E-state index in [9.17, 15) is 18.0 Å². The van der Waals surface area contributed by atoms with E-state index in [1.165, 1.54) is 0 Å². The first-order valence-corrected chi connectivity index (χ1v) is 7.44. The van der Waals surface area contributed by atoms with Gasteiger partial charge in [-0.05, 0) is 23.7 Å². The molecule has 9 heteroatoms. The van der Waals surface area contributed by atoms with Gasteiger partial charge >= 0.3 is 12.1 Å². The van der Waals surface area contributed by atoms with Gasteiger partial charge in [0.1, 0.15) is 12.6 Å². The van der Waals surface area contributed by atoms with Crippen LogP contribution in [0.2, 0.25) is 0 Å². The summed E-state index contributed by atoms with van der Waals surface area (Å²) in [5.74, 6) is -1.99. The number of hydrogen-bond donors (Lipinski definition) is 1. The second-order valence-electron chi connectivity index (χ2n) is 5.17. The number of carboxylic acid groups (broad SMARTS) is 1. The Hall–Kier alpha value is -2.97. The van der Waals surface area contributed by atoms with Crippen molar-refractivity contribution in [1.82, 2.24) is 10.1 Å². The Labute approximate surface area is 148 Å². The summed E-state index contributed by atoms with van der Waals surface area (Å²) >= 11 is 0. The van der Waals surface area contributed by atoms with E-state index in [0.717, 1.165) is 23.9 Å². The molecule has 2 rings (SSSR count). The van der Waals surface area contributed by atoms with Crippen molar-refractivity contribution in [1.29, 1.82) is 0 Å². The molecule has 0 amide bonds. The summed E-state index contributed by atoms with van der Waals surface area (Å²) in [7, 11) is 0.926. The van der Waals surface area contributed by atoms with Crippen molar-refractivity contribution in [3.8, 4) is 11.3 Å². The van der Waals surface area contributed by atoms with E-state index in [1.807, 2.05) is 25.1 Å². The highest BCUT2D eigenvalue weighted by atomic mass is 19.4. The molecule has 0 atom stereocenters. The van der Waals surface area contributed by atoms with Crippen molar-refractivity contribution in [3.63, 3.8) is 0 Å². The highest BCUT2D eigenvalue weighted by Crippen LogP contribution is 2.23. The predicted octanol–water partition coefficient (Wildman–Crippen LogP) is 2.92. The number of alkyl halides is 3. The molecule has 2 aromatic rings. The van der Waals surface area contributed by atoms with Crippen LogP contribution >= 0.6 is 0 Å². The number of aryl methyl sites for hydroxylation is 2. The number of halogens is 3. The number of nitrogens with zero attached hydrogens (tertiary/aromatic N) is 3. The Morgan fingerprint density at radius 1 is 1.31 bits per heavy atom. The number of methoxy groups -OCH3 is 1. The van der Waals surface area contributed by atoms with E-state index in [2.05, 4.69) is 21.4 Å². The first kappa shape index (κ1) is 21.1. The SMILES string of the molecule is C=C(OC)C(F)(F)F.Cc1ccc(-c2cc[n+](CCC(=O)O)nc2)nc1. The number of carboxylic acids is 1. The molecule has 2 aromatic heterocycles. The zero-order chi connectivity index (χ0) is 19.7. The summed E-state index contributed by atoms with van der Waals surface area (Å²) in [6.45, 7) is 4.96. The van der Waals surface area contributed by atoms with Gasteiger partial charge in [0, 0.05) is 17.8 Å². The lowest BCUT2D eigenvalue weighted by molar-refractivity contribution is -0.752. The molecule has 0 aliphatic heterocycles. The number of carbonyl (C=O) groups is 1. The molecule has 0 aliphatic rings. The van der Waals surface area contributed by atoms with Crippen molar-refractivity contribution < 1.29 is 32.5 Å². The number of pyridine rings is 1. The van der Waals surface area contributed by atoms with Crippen molar-refractivity contribution in [2.75, 3.05) is 7.11 Å². The normalized spacial score (nSPS) is 10.5. The highest BCUT2D eigenvalue weighted by molar-refractivity contribution is 5.66. The molecule has 0 unspecified atom stereocenters. The molecule has 0 saturated carbocycles. The fraction of sp³-hybridized carbons (Fsp3) is 0.294. The van der Waals surface area contributed by atoms with Crippen LogP contribution in [0.1, 0.15) is 12.0 Å². The van der Waals surface area contributed by atoms with E-state index in [-0.39, 0.29) is 6.42 Å². The van der Waals surface area contributed by atoms with Gasteiger partial charge in [-0.3, -0.25) is 9.78 Å². The summed E-state index contributed by atoms with van der Waals surface area (Å²) < 4.78 is 39.1. The maximum atomic E-state index is 11.2. The zero-order valence-electron chi connectivity index (χ0n) is 14.3. The van der Waals surface area contributed by atoms with Crippen LogP contribution < -0.4 is 4.68 Å². The summed E-state index contributed by atoms with van der Waals surface area (Å²) in [5.41, 5.74) is 2.89. The topological polar surface area (TPSA) is 76.2 Å². The van der Waals surface area contributed by atoms with Gasteiger partial charge in [0.05, 0.1) is 12.8 Å². The minimum atomic E-state index is -4.41. The van der Waals surface area contributed by atoms with Crippen molar-refractivity contribution >= 4 is 5.97 Å². The molecule has 0 radical (unpaired) electrons. The number of aromatic nitrogens is 3. The molecule has 26 heavy (non-hydrogen) atoms. The van der Waals surface area contributed by atoms with Gasteiger partial charge in [0.25, 0.3) is 0 Å². The van der Waals surface area contributed by atoms with Crippen LogP contribution in [0.15, 0.2) is 49.1 Å². The van der Waals surface area contributed by atoms with Crippen molar-refractivity contribution in [3.05, 3.63) is 54.7 Å². The number of aliphatic carboxylic acids is 1. The van der Waals surface area contributed by atoms with E-state index < -0.39 is 17.9 Å². The van der Waals surface area contributed by atoms with Gasteiger partial charge < -0.3 is 9.84 Å². The Kier molecular flexibility index (Phi) is 7.70. The Balaban J connectivity index is 0.000000359. The quantitative estimate of drug-likeness (QED) is 0.647. The van der Waals surface area contributed by atoms with Crippen LogP contribution in [-0.2, 0) is 16.1 Å². The molecule has 0 aromatic carbocycles. The van der Waals surface area contributed by atoms with Crippen LogP contribution in [0.25, 0.3) is 11.3 Å². The second kappa shape index (κ2) is 9.50. The third-order valence-corrected chi connectivity index (χ3v) is 3.10. The zero-order valence-corrected chi connectivity index (χ0v) is 14.3. The lowest BCUT2D eigenvalue weighted by atomic mass is 10.2. The second-order valence-corrected chi connectivity index (χ2v) is 5.17. The third-order valence-electron chi connectivity index (χ3n) is 3.10. The van der Waals surface area contributed by atoms with Gasteiger partial charge in [0.15, 0.2) is 18.5 Å². The van der Waals surface area contributed by atoms with E-state index in [0.29, 0.717) is 6.54 Å². The molecule has 0 aliphatic carbocycles. The van der Waals surface area contributed by atoms with Gasteiger partial charge in [-0.1, -0.05) is 17.3 Å². The molecule has 0 fully saturated rings. The van der Waals surface area contributed by atoms with Crippen LogP contribution in [0.3, 0.4) is 0 Å². The lowest BCUT2D eigenvalue weighted by Gasteiger charge is -2.06. The standard InChI is InChI=1S/C13H13N3O2.C4H5F3O/c1-10-2-3-12(14-8-10)11-4-6-16(15-9-11)7-5-13(17)18;1-3(8-2)4(5,6)7/h2-4,6,8-9H,5,7H2,1H3;1H2,2H3/p+1. The first-order chi connectivity index (χ1) is 12.1. The van der Waals surface area contributed by atoms with Gasteiger partial charge in [0.2, 0.25) is 0 Å². The lowest BCUT2D eigenvalue weighted by Crippen LogP contribution is -2.38. The Morgan fingerprint density at radius 3 is 2.38 bits per heavy atom. The Bertz CT molecular complexity index is 730. The van der Waals surface area contributed by atoms with Crippen molar-refractivity contribution in [2.45, 2.75) is 26.1 Å². The largest absolute Gasteiger partial charge is 0.493 e. The Morgan fingerprint density at radius 2 is 2.00 bits per heavy atom. The first-order valence-electron chi connectivity index (χ1n) is 7.44. The summed E-state index contributed by atoms with van der Waals surface area (Å²) in [6.07, 6.45) is 0.925. The molecule has 0 spiro atoms. The maximum Gasteiger partial charge on any atom is 0.448 e. The minimum absolute atomic E-state index is 0.0692. The summed E-state index contributed by atoms with van der Waals surface area (Å²) in [6, 6.07) is 5.81. The summed E-state index contributed by atoms with van der Waals surface area (Å²) in [4.78, 5) is 14.8. The highest BCUT2D eigenvalue weighted by Gasteiger charge is 2.33. The average molecular weight is 370 g/mol. The van der Waals surface area contributed by atoms with Crippen LogP contribution in [-0.4, -0.2) is 34.4 Å². The molecule has 6 nitrogen and oxygen atoms in total. The van der Waals surface area contributed by atoms with Crippen LogP contribution in [0, 0.1) is 6.92 Å². The number of hydrogen-bond acceptors (Lipinski definition) is 4. The smallest absolute Gasteiger partial charge is 0.448 e. The van der Waals surface area contributed by atoms with E-state index in [1.54, 1.807) is 23.3 Å². The third kappa shape index (κ3) is 7.29. The number of allylic oxidation sites excluding steroid dienone is 1. The van der Waals surface area contributed by atoms with Crippen molar-refractivity contribution in [2.24, 2.45) is 0 Å². The molecule has 2 heterocycles. The number of ether oxygens (including phenoxy) is 1. The van der Waals surface area contributed by atoms with E-state index >= 15 is 0 Å². The maximum absolute atomic E-state index is 11.2. The van der Waals surface area contributed by atoms with Crippen LogP contribution in [0.5, 0.6) is 0 Å². The monoisotopic (exact) mass is 370 g/mol. The number of rotatable bonds is 5. The molecule has 0 bridgehead atoms. The fourth-order valence-corrected chi connectivity index (χ4v) is 1.63. The van der Waals surface area contributed by atoms with Gasteiger partial charge in [-0.2, -0.15) is 13.2 Å². The van der Waals surface area contributed by atoms with E-state index in [4.69, 9.17) is 5.11 Å².